The number of hydrogen-bond acceptors (Lipinski definition) is 1. The molecule has 0 radical (unpaired) electrons. The lowest BCUT2D eigenvalue weighted by Crippen LogP contribution is -2.42. The number of benzene rings is 1. The molecule has 1 heterocycles. The molecule has 0 aliphatic carbocycles. The molecule has 0 aliphatic rings. The molecule has 0 fully saturated rings. The Morgan fingerprint density at radius 2 is 1.79 bits per heavy atom. The minimum Gasteiger partial charge on any atom is -0.407 e. The summed E-state index contributed by atoms with van der Waals surface area (Å²) in [5, 5.41) is 1.41. The highest BCUT2D eigenvalue weighted by molar-refractivity contribution is 6.83. The number of nitrogens with zero attached hydrogens (tertiary/aromatic N) is 1. The van der Waals surface area contributed by atoms with Crippen molar-refractivity contribution in [2.24, 2.45) is 0 Å². The van der Waals surface area contributed by atoms with Gasteiger partial charge < -0.3 is 8.99 Å². The highest BCUT2D eigenvalue weighted by atomic mass is 28.4. The van der Waals surface area contributed by atoms with E-state index in [1.54, 1.807) is 0 Å². The molecule has 1 atom stereocenters. The van der Waals surface area contributed by atoms with Gasteiger partial charge in [0.05, 0.1) is 6.10 Å². The number of aromatic nitrogens is 1. The average molecular weight is 412 g/mol. The Hall–Kier alpha value is -1.55. The van der Waals surface area contributed by atoms with Gasteiger partial charge in [-0.05, 0) is 35.7 Å². The summed E-state index contributed by atoms with van der Waals surface area (Å²) in [5.74, 6) is 3.48. The average Bonchev–Trinajstić information content (AvgIpc) is 2.91. The summed E-state index contributed by atoms with van der Waals surface area (Å²) < 4.78 is 9.26. The summed E-state index contributed by atoms with van der Waals surface area (Å²) in [6.07, 6.45) is 2.69. The van der Waals surface area contributed by atoms with Crippen molar-refractivity contribution in [1.82, 2.24) is 4.57 Å². The van der Waals surface area contributed by atoms with E-state index in [2.05, 4.69) is 106 Å². The summed E-state index contributed by atoms with van der Waals surface area (Å²) in [7, 11) is -3.35. The summed E-state index contributed by atoms with van der Waals surface area (Å²) in [5.41, 5.74) is 5.98. The molecule has 0 bridgehead atoms. The van der Waals surface area contributed by atoms with Gasteiger partial charge in [0, 0.05) is 24.2 Å². The number of rotatable bonds is 6. The molecular formula is C24H37NOSi2. The van der Waals surface area contributed by atoms with Crippen LogP contribution in [0.15, 0.2) is 43.0 Å². The molecule has 152 valence electrons. The number of fused-ring (bicyclic) bond motifs is 1. The molecule has 0 aliphatic heterocycles. The fourth-order valence-electron chi connectivity index (χ4n) is 2.98. The van der Waals surface area contributed by atoms with Crippen LogP contribution in [0.25, 0.3) is 10.9 Å². The van der Waals surface area contributed by atoms with Crippen molar-refractivity contribution in [3.63, 3.8) is 0 Å². The lowest BCUT2D eigenvalue weighted by Gasteiger charge is -2.39. The molecular weight excluding hydrogens is 374 g/mol. The Bertz CT molecular complexity index is 885. The summed E-state index contributed by atoms with van der Waals surface area (Å²) in [4.78, 5) is 0. The largest absolute Gasteiger partial charge is 0.407 e. The second-order valence-corrected chi connectivity index (χ2v) is 19.7. The highest BCUT2D eigenvalue weighted by Crippen LogP contribution is 2.41. The number of allylic oxidation sites excluding steroid dienone is 1. The van der Waals surface area contributed by atoms with Crippen LogP contribution in [0.2, 0.25) is 37.8 Å². The van der Waals surface area contributed by atoms with Crippen molar-refractivity contribution in [2.45, 2.75) is 77.6 Å². The summed E-state index contributed by atoms with van der Waals surface area (Å²) in [6.45, 7) is 23.2. The molecule has 2 nitrogen and oxygen atoms in total. The first-order valence-corrected chi connectivity index (χ1v) is 16.6. The zero-order chi connectivity index (χ0) is 21.2. The molecule has 4 heteroatoms. The van der Waals surface area contributed by atoms with E-state index < -0.39 is 16.4 Å². The monoisotopic (exact) mass is 411 g/mol. The van der Waals surface area contributed by atoms with Gasteiger partial charge in [-0.3, -0.25) is 0 Å². The zero-order valence-electron chi connectivity index (χ0n) is 19.0. The maximum atomic E-state index is 6.92. The van der Waals surface area contributed by atoms with Crippen molar-refractivity contribution in [3.8, 4) is 11.5 Å². The van der Waals surface area contributed by atoms with Gasteiger partial charge in [-0.1, -0.05) is 64.7 Å². The Morgan fingerprint density at radius 1 is 1.14 bits per heavy atom. The first-order chi connectivity index (χ1) is 12.9. The van der Waals surface area contributed by atoms with Crippen molar-refractivity contribution in [1.29, 1.82) is 0 Å². The van der Waals surface area contributed by atoms with Crippen LogP contribution >= 0.6 is 0 Å². The van der Waals surface area contributed by atoms with Crippen LogP contribution in [-0.2, 0) is 11.0 Å². The van der Waals surface area contributed by atoms with Gasteiger partial charge in [-0.15, -0.1) is 18.0 Å². The molecule has 0 spiro atoms. The van der Waals surface area contributed by atoms with E-state index in [0.717, 1.165) is 13.0 Å². The van der Waals surface area contributed by atoms with E-state index >= 15 is 0 Å². The Morgan fingerprint density at radius 3 is 2.36 bits per heavy atom. The maximum Gasteiger partial charge on any atom is 0.193 e. The van der Waals surface area contributed by atoms with E-state index in [4.69, 9.17) is 4.43 Å². The molecule has 0 saturated carbocycles. The Kier molecular flexibility index (Phi) is 6.86. The van der Waals surface area contributed by atoms with Gasteiger partial charge in [0.25, 0.3) is 0 Å². The highest BCUT2D eigenvalue weighted by Gasteiger charge is 2.40. The topological polar surface area (TPSA) is 14.2 Å². The molecule has 0 amide bonds. The maximum absolute atomic E-state index is 6.92. The van der Waals surface area contributed by atoms with E-state index in [9.17, 15) is 0 Å². The van der Waals surface area contributed by atoms with Crippen LogP contribution < -0.4 is 0 Å². The molecule has 1 unspecified atom stereocenters. The SMILES string of the molecule is C=CCn1c(C(CC#C[Si](C)(C)C)O[Si](C)(C)C(C)(C)C)cc2ccccc21. The predicted molar refractivity (Wildman–Crippen MR) is 129 cm³/mol. The molecule has 1 aromatic heterocycles. The van der Waals surface area contributed by atoms with Gasteiger partial charge in [-0.25, -0.2) is 0 Å². The van der Waals surface area contributed by atoms with E-state index in [1.807, 2.05) is 6.08 Å². The van der Waals surface area contributed by atoms with Gasteiger partial charge >= 0.3 is 0 Å². The number of para-hydroxylation sites is 1. The third kappa shape index (κ3) is 5.50. The lowest BCUT2D eigenvalue weighted by atomic mass is 10.2. The predicted octanol–water partition coefficient (Wildman–Crippen LogP) is 7.16. The second kappa shape index (κ2) is 8.45. The smallest absolute Gasteiger partial charge is 0.193 e. The standard InChI is InChI=1S/C24H37NOSi2/c1-10-17-25-21-15-12-11-14-20(21)19-22(25)23(16-13-18-27(5,6)7)26-28(8,9)24(2,3)4/h10-12,14-15,19,23H,1,16-17H2,2-9H3. The van der Waals surface area contributed by atoms with Gasteiger partial charge in [0.1, 0.15) is 8.07 Å². The lowest BCUT2D eigenvalue weighted by molar-refractivity contribution is 0.181. The fraction of sp³-hybridized carbons (Fsp3) is 0.500. The molecule has 1 aromatic carbocycles. The van der Waals surface area contributed by atoms with E-state index in [1.165, 1.54) is 16.6 Å². The zero-order valence-corrected chi connectivity index (χ0v) is 21.0. The van der Waals surface area contributed by atoms with Crippen LogP contribution in [0.5, 0.6) is 0 Å². The van der Waals surface area contributed by atoms with Crippen molar-refractivity contribution in [3.05, 3.63) is 48.7 Å². The first-order valence-electron chi connectivity index (χ1n) is 10.2. The van der Waals surface area contributed by atoms with Crippen molar-refractivity contribution in [2.75, 3.05) is 0 Å². The van der Waals surface area contributed by atoms with Gasteiger partial charge in [0.15, 0.2) is 8.32 Å². The molecule has 2 rings (SSSR count). The second-order valence-electron chi connectivity index (χ2n) is 10.2. The van der Waals surface area contributed by atoms with Crippen LogP contribution in [0.4, 0.5) is 0 Å². The normalized spacial score (nSPS) is 13.9. The number of hydrogen-bond donors (Lipinski definition) is 0. The van der Waals surface area contributed by atoms with Crippen LogP contribution in [0.1, 0.15) is 39.0 Å². The minimum absolute atomic E-state index is 0.0166. The van der Waals surface area contributed by atoms with Gasteiger partial charge in [0.2, 0.25) is 0 Å². The van der Waals surface area contributed by atoms with Crippen LogP contribution in [0.3, 0.4) is 0 Å². The molecule has 0 N–H and O–H groups in total. The minimum atomic E-state index is -1.94. The van der Waals surface area contributed by atoms with E-state index in [-0.39, 0.29) is 11.1 Å². The molecule has 28 heavy (non-hydrogen) atoms. The molecule has 0 saturated heterocycles. The Balaban J connectivity index is 2.54. The first kappa shape index (κ1) is 22.7. The van der Waals surface area contributed by atoms with Crippen molar-refractivity contribution < 1.29 is 4.43 Å². The van der Waals surface area contributed by atoms with Crippen LogP contribution in [-0.4, -0.2) is 21.0 Å². The fourth-order valence-corrected chi connectivity index (χ4v) is 4.88. The third-order valence-electron chi connectivity index (χ3n) is 5.48. The Labute approximate surface area is 174 Å². The van der Waals surface area contributed by atoms with E-state index in [0.29, 0.717) is 0 Å². The summed E-state index contributed by atoms with van der Waals surface area (Å²) in [6, 6.07) is 10.8. The molecule has 2 aromatic rings. The quantitative estimate of drug-likeness (QED) is 0.279. The van der Waals surface area contributed by atoms with Crippen LogP contribution in [0, 0.1) is 11.5 Å². The summed E-state index contributed by atoms with van der Waals surface area (Å²) >= 11 is 0. The third-order valence-corrected chi connectivity index (χ3v) is 10.9. The van der Waals surface area contributed by atoms with Gasteiger partial charge in [-0.2, -0.15) is 0 Å². The van der Waals surface area contributed by atoms with Crippen molar-refractivity contribution >= 4 is 27.3 Å².